The third kappa shape index (κ3) is 4.12. The highest BCUT2D eigenvalue weighted by atomic mass is 32.2. The molecule has 0 atom stereocenters. The van der Waals surface area contributed by atoms with Gasteiger partial charge in [-0.05, 0) is 12.1 Å². The van der Waals surface area contributed by atoms with E-state index in [9.17, 15) is 9.90 Å². The highest BCUT2D eigenvalue weighted by Crippen LogP contribution is 2.22. The van der Waals surface area contributed by atoms with Crippen molar-refractivity contribution in [2.75, 3.05) is 18.2 Å². The Morgan fingerprint density at radius 1 is 1.57 bits per heavy atom. The zero-order valence-electron chi connectivity index (χ0n) is 11.7. The molecule has 1 amide bonds. The van der Waals surface area contributed by atoms with E-state index < -0.39 is 5.95 Å². The van der Waals surface area contributed by atoms with E-state index in [1.54, 1.807) is 38.4 Å². The van der Waals surface area contributed by atoms with Gasteiger partial charge in [0.2, 0.25) is 5.91 Å². The van der Waals surface area contributed by atoms with E-state index >= 15 is 0 Å². The number of aromatic nitrogens is 2. The first kappa shape index (κ1) is 15.2. The summed E-state index contributed by atoms with van der Waals surface area (Å²) in [6, 6.07) is 7.11. The van der Waals surface area contributed by atoms with Crippen LogP contribution in [-0.4, -0.2) is 24.0 Å². The number of hydrogen-bond donors (Lipinski definition) is 1. The van der Waals surface area contributed by atoms with Crippen molar-refractivity contribution in [2.24, 2.45) is 7.05 Å². The Labute approximate surface area is 125 Å². The molecule has 0 spiro atoms. The first-order chi connectivity index (χ1) is 10.1. The molecule has 0 bridgehead atoms. The van der Waals surface area contributed by atoms with Crippen molar-refractivity contribution >= 4 is 23.4 Å². The normalized spacial score (nSPS) is 10.4. The van der Waals surface area contributed by atoms with Gasteiger partial charge in [-0.2, -0.15) is 0 Å². The minimum atomic E-state index is -0.490. The van der Waals surface area contributed by atoms with Crippen molar-refractivity contribution in [3.05, 3.63) is 24.3 Å². The fourth-order valence-electron chi connectivity index (χ4n) is 1.62. The lowest BCUT2D eigenvalue weighted by molar-refractivity contribution is -0.772. The van der Waals surface area contributed by atoms with E-state index in [-0.39, 0.29) is 12.3 Å². The Morgan fingerprint density at radius 3 is 3.05 bits per heavy atom. The van der Waals surface area contributed by atoms with Crippen molar-refractivity contribution in [3.63, 3.8) is 0 Å². The number of benzene rings is 1. The summed E-state index contributed by atoms with van der Waals surface area (Å²) in [5.41, 5.74) is 0.671. The molecule has 2 aromatic rings. The number of thioether (sulfide) groups is 1. The van der Waals surface area contributed by atoms with Crippen LogP contribution in [0.5, 0.6) is 11.7 Å². The van der Waals surface area contributed by atoms with Gasteiger partial charge < -0.3 is 19.7 Å². The lowest BCUT2D eigenvalue weighted by Crippen LogP contribution is -2.32. The van der Waals surface area contributed by atoms with Crippen LogP contribution in [-0.2, 0) is 11.8 Å². The van der Waals surface area contributed by atoms with Crippen LogP contribution in [0, 0.1) is 0 Å². The summed E-state index contributed by atoms with van der Waals surface area (Å²) in [6.07, 6.45) is 0.270. The maximum Gasteiger partial charge on any atom is 0.290 e. The monoisotopic (exact) mass is 309 g/mol. The SMILES string of the molecule is COc1cccc(NC(=O)CCSc2c([O-])on[n+]2C)c1. The van der Waals surface area contributed by atoms with Crippen LogP contribution in [0.4, 0.5) is 5.69 Å². The third-order valence-corrected chi connectivity index (χ3v) is 3.75. The maximum atomic E-state index is 11.8. The number of aryl methyl sites for hydroxylation is 1. The summed E-state index contributed by atoms with van der Waals surface area (Å²) < 4.78 is 10.9. The van der Waals surface area contributed by atoms with Crippen molar-refractivity contribution in [1.29, 1.82) is 0 Å². The van der Waals surface area contributed by atoms with Gasteiger partial charge in [0.1, 0.15) is 5.75 Å². The number of amides is 1. The lowest BCUT2D eigenvalue weighted by Gasteiger charge is -2.06. The third-order valence-electron chi connectivity index (χ3n) is 2.64. The van der Waals surface area contributed by atoms with E-state index in [1.165, 1.54) is 16.4 Å². The average Bonchev–Trinajstić information content (AvgIpc) is 2.79. The van der Waals surface area contributed by atoms with Gasteiger partial charge in [0, 0.05) is 23.9 Å². The molecule has 1 heterocycles. The second-order valence-electron chi connectivity index (χ2n) is 4.17. The van der Waals surface area contributed by atoms with Crippen molar-refractivity contribution in [1.82, 2.24) is 5.27 Å². The minimum absolute atomic E-state index is 0.137. The Balaban J connectivity index is 1.82. The molecule has 0 aliphatic carbocycles. The molecular formula is C13H15N3O4S. The second kappa shape index (κ2) is 6.98. The molecule has 0 aliphatic rings. The van der Waals surface area contributed by atoms with Crippen molar-refractivity contribution < 1.29 is 23.8 Å². The van der Waals surface area contributed by atoms with Crippen LogP contribution in [0.3, 0.4) is 0 Å². The summed E-state index contributed by atoms with van der Waals surface area (Å²) in [7, 11) is 3.18. The molecule has 21 heavy (non-hydrogen) atoms. The number of hydrogen-bond acceptors (Lipinski definition) is 6. The molecule has 1 N–H and O–H groups in total. The molecule has 112 valence electrons. The van der Waals surface area contributed by atoms with Gasteiger partial charge in [-0.25, -0.2) is 0 Å². The molecule has 7 nitrogen and oxygen atoms in total. The number of rotatable bonds is 6. The molecule has 0 radical (unpaired) electrons. The van der Waals surface area contributed by atoms with E-state index in [2.05, 4.69) is 15.1 Å². The summed E-state index contributed by atoms with van der Waals surface area (Å²) in [6.45, 7) is 0. The molecule has 0 unspecified atom stereocenters. The molecular weight excluding hydrogens is 294 g/mol. The van der Waals surface area contributed by atoms with Crippen LogP contribution in [0.1, 0.15) is 6.42 Å². The van der Waals surface area contributed by atoms with Crippen LogP contribution >= 0.6 is 11.8 Å². The van der Waals surface area contributed by atoms with Gasteiger partial charge in [-0.15, -0.1) is 0 Å². The molecule has 0 saturated carbocycles. The summed E-state index contributed by atoms with van der Waals surface area (Å²) in [5, 5.41) is 17.9. The Kier molecular flexibility index (Phi) is 5.04. The van der Waals surface area contributed by atoms with E-state index in [4.69, 9.17) is 4.74 Å². The predicted molar refractivity (Wildman–Crippen MR) is 74.1 cm³/mol. The molecule has 8 heteroatoms. The molecule has 1 aromatic carbocycles. The highest BCUT2D eigenvalue weighted by molar-refractivity contribution is 7.99. The van der Waals surface area contributed by atoms with Gasteiger partial charge in [0.15, 0.2) is 13.0 Å². The quantitative estimate of drug-likeness (QED) is 0.624. The van der Waals surface area contributed by atoms with Gasteiger partial charge in [-0.1, -0.05) is 22.5 Å². The van der Waals surface area contributed by atoms with Crippen LogP contribution in [0.25, 0.3) is 0 Å². The van der Waals surface area contributed by atoms with Crippen LogP contribution < -0.4 is 19.8 Å². The summed E-state index contributed by atoms with van der Waals surface area (Å²) >= 11 is 1.24. The number of nitrogens with one attached hydrogen (secondary N) is 1. The van der Waals surface area contributed by atoms with E-state index in [0.717, 1.165) is 0 Å². The Hall–Kier alpha value is -2.22. The van der Waals surface area contributed by atoms with Gasteiger partial charge in [0.05, 0.1) is 12.4 Å². The standard InChI is InChI=1S/C13H15N3O4S/c1-16-12(13(18)20-15-16)21-7-6-11(17)14-9-4-3-5-10(8-9)19-2/h3-5,8H,6-7H2,1-2H3,(H-,14,15,17,18). The largest absolute Gasteiger partial charge is 0.538 e. The number of ether oxygens (including phenoxy) is 1. The smallest absolute Gasteiger partial charge is 0.290 e. The van der Waals surface area contributed by atoms with Gasteiger partial charge in [-0.3, -0.25) is 4.79 Å². The average molecular weight is 309 g/mol. The maximum absolute atomic E-state index is 11.8. The Bertz CT molecular complexity index is 610. The number of anilines is 1. The van der Waals surface area contributed by atoms with Crippen molar-refractivity contribution in [2.45, 2.75) is 11.4 Å². The topological polar surface area (TPSA) is 91.3 Å². The summed E-state index contributed by atoms with van der Waals surface area (Å²) in [5.74, 6) is 0.507. The molecule has 1 aromatic heterocycles. The van der Waals surface area contributed by atoms with Gasteiger partial charge in [0.25, 0.3) is 5.03 Å². The number of carbonyl (C=O) groups excluding carboxylic acids is 1. The zero-order valence-corrected chi connectivity index (χ0v) is 12.5. The number of methoxy groups -OCH3 is 1. The lowest BCUT2D eigenvalue weighted by atomic mass is 10.3. The number of carbonyl (C=O) groups is 1. The fraction of sp³-hybridized carbons (Fsp3) is 0.308. The van der Waals surface area contributed by atoms with E-state index in [1.807, 2.05) is 0 Å². The minimum Gasteiger partial charge on any atom is -0.538 e. The predicted octanol–water partition coefficient (Wildman–Crippen LogP) is 0.702. The number of nitrogens with zero attached hydrogens (tertiary/aromatic N) is 2. The molecule has 2 rings (SSSR count). The first-order valence-corrected chi connectivity index (χ1v) is 7.18. The molecule has 0 saturated heterocycles. The zero-order chi connectivity index (χ0) is 15.2. The van der Waals surface area contributed by atoms with E-state index in [0.29, 0.717) is 22.2 Å². The molecule has 0 fully saturated rings. The summed E-state index contributed by atoms with van der Waals surface area (Å²) in [4.78, 5) is 11.8. The van der Waals surface area contributed by atoms with Crippen LogP contribution in [0.15, 0.2) is 33.8 Å². The first-order valence-electron chi connectivity index (χ1n) is 6.20. The fourth-order valence-corrected chi connectivity index (χ4v) is 2.48. The van der Waals surface area contributed by atoms with Crippen LogP contribution in [0.2, 0.25) is 0 Å². The highest BCUT2D eigenvalue weighted by Gasteiger charge is 2.14. The Morgan fingerprint density at radius 2 is 2.38 bits per heavy atom. The molecule has 0 aliphatic heterocycles. The van der Waals surface area contributed by atoms with Crippen molar-refractivity contribution in [3.8, 4) is 11.7 Å². The second-order valence-corrected chi connectivity index (χ2v) is 5.25. The van der Waals surface area contributed by atoms with Gasteiger partial charge >= 0.3 is 0 Å².